The van der Waals surface area contributed by atoms with Crippen LogP contribution >= 0.6 is 0 Å². The van der Waals surface area contributed by atoms with Gasteiger partial charge in [0.15, 0.2) is 5.82 Å². The summed E-state index contributed by atoms with van der Waals surface area (Å²) in [5, 5.41) is 12.7. The van der Waals surface area contributed by atoms with Crippen LogP contribution in [0.15, 0.2) is 36.4 Å². The van der Waals surface area contributed by atoms with Gasteiger partial charge in [0, 0.05) is 24.2 Å². The molecule has 1 aromatic heterocycles. The number of hydrogen-bond acceptors (Lipinski definition) is 4. The number of carbonyl (C=O) groups is 2. The van der Waals surface area contributed by atoms with Crippen LogP contribution in [0.1, 0.15) is 43.9 Å². The van der Waals surface area contributed by atoms with Gasteiger partial charge < -0.3 is 15.4 Å². The predicted octanol–water partition coefficient (Wildman–Crippen LogP) is 3.22. The van der Waals surface area contributed by atoms with Crippen LogP contribution < -0.4 is 10.6 Å². The second-order valence-corrected chi connectivity index (χ2v) is 7.39. The molecule has 7 heteroatoms. The molecule has 0 spiro atoms. The van der Waals surface area contributed by atoms with Crippen LogP contribution in [0, 0.1) is 5.92 Å². The lowest BCUT2D eigenvalue weighted by Crippen LogP contribution is -2.37. The van der Waals surface area contributed by atoms with Gasteiger partial charge in [-0.3, -0.25) is 9.89 Å². The van der Waals surface area contributed by atoms with E-state index in [4.69, 9.17) is 4.74 Å². The largest absolute Gasteiger partial charge is 0.446 e. The zero-order valence-corrected chi connectivity index (χ0v) is 15.7. The standard InChI is InChI=1S/C20H26N4O3/c1-13(2)12-21-20(26)27-16-9-15(10-16)17-11-18(24-23-17)22-19(25)8-14-6-4-3-5-7-14/h3-7,11,13,15-16H,8-10,12H2,1-2H3,(H,21,26)(H2,22,23,24,25). The topological polar surface area (TPSA) is 96.1 Å². The van der Waals surface area contributed by atoms with Crippen molar-refractivity contribution in [2.24, 2.45) is 5.92 Å². The number of hydrogen-bond donors (Lipinski definition) is 3. The van der Waals surface area contributed by atoms with Crippen LogP contribution in [0.25, 0.3) is 0 Å². The van der Waals surface area contributed by atoms with E-state index in [0.717, 1.165) is 24.1 Å². The van der Waals surface area contributed by atoms with Crippen molar-refractivity contribution < 1.29 is 14.3 Å². The van der Waals surface area contributed by atoms with Gasteiger partial charge in [-0.2, -0.15) is 5.10 Å². The SMILES string of the molecule is CC(C)CNC(=O)OC1CC(c2cc(NC(=O)Cc3ccccc3)n[nH]2)C1. The molecule has 3 rings (SSSR count). The molecule has 144 valence electrons. The van der Waals surface area contributed by atoms with Crippen LogP contribution in [0.2, 0.25) is 0 Å². The molecule has 1 saturated carbocycles. The summed E-state index contributed by atoms with van der Waals surface area (Å²) in [5.41, 5.74) is 1.91. The van der Waals surface area contributed by atoms with E-state index in [-0.39, 0.29) is 24.0 Å². The van der Waals surface area contributed by atoms with E-state index in [9.17, 15) is 9.59 Å². The molecule has 1 fully saturated rings. The highest BCUT2D eigenvalue weighted by Crippen LogP contribution is 2.38. The van der Waals surface area contributed by atoms with E-state index in [1.165, 1.54) is 0 Å². The Morgan fingerprint density at radius 2 is 2.00 bits per heavy atom. The highest BCUT2D eigenvalue weighted by Gasteiger charge is 2.34. The molecule has 0 radical (unpaired) electrons. The molecule has 1 aromatic carbocycles. The summed E-state index contributed by atoms with van der Waals surface area (Å²) in [7, 11) is 0. The summed E-state index contributed by atoms with van der Waals surface area (Å²) < 4.78 is 5.37. The number of amides is 2. The third-order valence-corrected chi connectivity index (χ3v) is 4.54. The van der Waals surface area contributed by atoms with E-state index >= 15 is 0 Å². The van der Waals surface area contributed by atoms with Crippen LogP contribution in [0.5, 0.6) is 0 Å². The van der Waals surface area contributed by atoms with Crippen LogP contribution in [-0.4, -0.2) is 34.8 Å². The van der Waals surface area contributed by atoms with Crippen molar-refractivity contribution in [3.05, 3.63) is 47.7 Å². The van der Waals surface area contributed by atoms with Crippen molar-refractivity contribution >= 4 is 17.8 Å². The molecule has 0 bridgehead atoms. The summed E-state index contributed by atoms with van der Waals surface area (Å²) in [5.74, 6) is 1.08. The molecule has 1 heterocycles. The molecule has 7 nitrogen and oxygen atoms in total. The summed E-state index contributed by atoms with van der Waals surface area (Å²) >= 11 is 0. The summed E-state index contributed by atoms with van der Waals surface area (Å²) in [6.45, 7) is 4.68. The minimum atomic E-state index is -0.356. The van der Waals surface area contributed by atoms with Crippen molar-refractivity contribution in [1.82, 2.24) is 15.5 Å². The van der Waals surface area contributed by atoms with E-state index < -0.39 is 0 Å². The molecule has 0 saturated heterocycles. The maximum absolute atomic E-state index is 12.1. The normalized spacial score (nSPS) is 18.6. The molecule has 0 atom stereocenters. The van der Waals surface area contributed by atoms with Crippen molar-refractivity contribution in [2.45, 2.75) is 45.1 Å². The summed E-state index contributed by atoms with van der Waals surface area (Å²) in [4.78, 5) is 23.8. The van der Waals surface area contributed by atoms with Gasteiger partial charge >= 0.3 is 6.09 Å². The average molecular weight is 370 g/mol. The quantitative estimate of drug-likeness (QED) is 0.697. The van der Waals surface area contributed by atoms with Crippen LogP contribution in [0.4, 0.5) is 10.6 Å². The Balaban J connectivity index is 1.41. The lowest BCUT2D eigenvalue weighted by atomic mass is 9.80. The lowest BCUT2D eigenvalue weighted by molar-refractivity contribution is -0.115. The minimum Gasteiger partial charge on any atom is -0.446 e. The molecule has 1 aliphatic rings. The number of benzene rings is 1. The Kier molecular flexibility index (Phi) is 6.11. The van der Waals surface area contributed by atoms with Crippen molar-refractivity contribution in [2.75, 3.05) is 11.9 Å². The Bertz CT molecular complexity index is 767. The van der Waals surface area contributed by atoms with E-state index in [0.29, 0.717) is 24.7 Å². The highest BCUT2D eigenvalue weighted by atomic mass is 16.6. The first-order valence-corrected chi connectivity index (χ1v) is 9.33. The van der Waals surface area contributed by atoms with Gasteiger partial charge in [0.25, 0.3) is 0 Å². The molecule has 2 amide bonds. The fraction of sp³-hybridized carbons (Fsp3) is 0.450. The van der Waals surface area contributed by atoms with E-state index in [2.05, 4.69) is 20.8 Å². The van der Waals surface area contributed by atoms with Gasteiger partial charge in [-0.05, 0) is 24.3 Å². The third kappa shape index (κ3) is 5.57. The third-order valence-electron chi connectivity index (χ3n) is 4.54. The maximum Gasteiger partial charge on any atom is 0.407 e. The number of nitrogens with zero attached hydrogens (tertiary/aromatic N) is 1. The Morgan fingerprint density at radius 1 is 1.26 bits per heavy atom. The van der Waals surface area contributed by atoms with Crippen molar-refractivity contribution in [1.29, 1.82) is 0 Å². The smallest absolute Gasteiger partial charge is 0.407 e. The van der Waals surface area contributed by atoms with Gasteiger partial charge in [0.05, 0.1) is 6.42 Å². The Hall–Kier alpha value is -2.83. The van der Waals surface area contributed by atoms with Gasteiger partial charge in [0.1, 0.15) is 6.10 Å². The summed E-state index contributed by atoms with van der Waals surface area (Å²) in [6.07, 6.45) is 1.41. The molecule has 3 N–H and O–H groups in total. The van der Waals surface area contributed by atoms with Gasteiger partial charge in [-0.25, -0.2) is 4.79 Å². The zero-order valence-electron chi connectivity index (χ0n) is 15.7. The zero-order chi connectivity index (χ0) is 19.2. The molecular formula is C20H26N4O3. The van der Waals surface area contributed by atoms with E-state index in [1.807, 2.05) is 50.2 Å². The monoisotopic (exact) mass is 370 g/mol. The number of ether oxygens (including phenoxy) is 1. The minimum absolute atomic E-state index is 0.0680. The number of anilines is 1. The van der Waals surface area contributed by atoms with Crippen molar-refractivity contribution in [3.63, 3.8) is 0 Å². The number of H-pyrrole nitrogens is 1. The number of rotatable bonds is 7. The Labute approximate surface area is 158 Å². The van der Waals surface area contributed by atoms with E-state index in [1.54, 1.807) is 0 Å². The maximum atomic E-state index is 12.1. The molecule has 27 heavy (non-hydrogen) atoms. The fourth-order valence-corrected chi connectivity index (χ4v) is 2.97. The Morgan fingerprint density at radius 3 is 2.70 bits per heavy atom. The first-order valence-electron chi connectivity index (χ1n) is 9.33. The number of carbonyl (C=O) groups excluding carboxylic acids is 2. The second-order valence-electron chi connectivity index (χ2n) is 7.39. The van der Waals surface area contributed by atoms with Gasteiger partial charge in [0.2, 0.25) is 5.91 Å². The number of aromatic amines is 1. The highest BCUT2D eigenvalue weighted by molar-refractivity contribution is 5.91. The molecule has 0 unspecified atom stereocenters. The van der Waals surface area contributed by atoms with Crippen molar-refractivity contribution in [3.8, 4) is 0 Å². The molecule has 2 aromatic rings. The van der Waals surface area contributed by atoms with Crippen LogP contribution in [-0.2, 0) is 16.0 Å². The summed E-state index contributed by atoms with van der Waals surface area (Å²) in [6, 6.07) is 11.4. The van der Waals surface area contributed by atoms with Crippen LogP contribution in [0.3, 0.4) is 0 Å². The van der Waals surface area contributed by atoms with Gasteiger partial charge in [-0.15, -0.1) is 0 Å². The fourth-order valence-electron chi connectivity index (χ4n) is 2.97. The average Bonchev–Trinajstić information content (AvgIpc) is 3.04. The predicted molar refractivity (Wildman–Crippen MR) is 102 cm³/mol. The molecular weight excluding hydrogens is 344 g/mol. The number of nitrogens with one attached hydrogen (secondary N) is 3. The van der Waals surface area contributed by atoms with Gasteiger partial charge in [-0.1, -0.05) is 44.2 Å². The molecule has 1 aliphatic carbocycles. The first-order chi connectivity index (χ1) is 13.0. The second kappa shape index (κ2) is 8.70. The lowest BCUT2D eigenvalue weighted by Gasteiger charge is -2.33. The number of alkyl carbamates (subject to hydrolysis) is 1. The number of aromatic nitrogens is 2. The molecule has 0 aliphatic heterocycles. The first kappa shape index (κ1) is 18.9.